The van der Waals surface area contributed by atoms with Gasteiger partial charge >= 0.3 is 5.97 Å². The maximum Gasteiger partial charge on any atom is 0.340 e. The van der Waals surface area contributed by atoms with Gasteiger partial charge in [-0.2, -0.15) is 0 Å². The van der Waals surface area contributed by atoms with Crippen molar-refractivity contribution in [3.05, 3.63) is 59.7 Å². The molecular formula is C18H22N2O2. The number of hydrogen-bond donors (Lipinski definition) is 2. The molecule has 0 spiro atoms. The van der Waals surface area contributed by atoms with Gasteiger partial charge in [-0.3, -0.25) is 0 Å². The van der Waals surface area contributed by atoms with Crippen LogP contribution in [-0.2, 0) is 11.2 Å². The second kappa shape index (κ2) is 7.50. The molecule has 0 atom stereocenters. The lowest BCUT2D eigenvalue weighted by Crippen LogP contribution is -2.15. The molecule has 0 bridgehead atoms. The smallest absolute Gasteiger partial charge is 0.340 e. The van der Waals surface area contributed by atoms with E-state index >= 15 is 0 Å². The van der Waals surface area contributed by atoms with Gasteiger partial charge in [0.2, 0.25) is 0 Å². The largest absolute Gasteiger partial charge is 0.459 e. The van der Waals surface area contributed by atoms with E-state index in [4.69, 9.17) is 10.5 Å². The normalized spacial score (nSPS) is 10.5. The molecule has 116 valence electrons. The highest BCUT2D eigenvalue weighted by molar-refractivity contribution is 5.96. The zero-order chi connectivity index (χ0) is 15.9. The molecule has 0 heterocycles. The van der Waals surface area contributed by atoms with Gasteiger partial charge in [0.05, 0.1) is 11.7 Å². The highest BCUT2D eigenvalue weighted by Crippen LogP contribution is 2.20. The standard InChI is InChI=1S/C18H22N2O2/c1-13(2)22-18(21)16-12-15(19)8-9-17(16)20-11-10-14-6-4-3-5-7-14/h3-9,12-13,20H,10-11,19H2,1-2H3. The van der Waals surface area contributed by atoms with Crippen LogP contribution < -0.4 is 11.1 Å². The number of anilines is 2. The molecule has 4 nitrogen and oxygen atoms in total. The third-order valence-electron chi connectivity index (χ3n) is 3.18. The van der Waals surface area contributed by atoms with Gasteiger partial charge in [-0.15, -0.1) is 0 Å². The molecule has 2 rings (SSSR count). The van der Waals surface area contributed by atoms with Crippen LogP contribution in [0, 0.1) is 0 Å². The first-order valence-corrected chi connectivity index (χ1v) is 7.44. The number of rotatable bonds is 6. The average molecular weight is 298 g/mol. The van der Waals surface area contributed by atoms with Gasteiger partial charge < -0.3 is 15.8 Å². The SMILES string of the molecule is CC(C)OC(=O)c1cc(N)ccc1NCCc1ccccc1. The molecular weight excluding hydrogens is 276 g/mol. The summed E-state index contributed by atoms with van der Waals surface area (Å²) in [4.78, 5) is 12.1. The summed E-state index contributed by atoms with van der Waals surface area (Å²) in [7, 11) is 0. The molecule has 0 saturated heterocycles. The molecule has 0 unspecified atom stereocenters. The Bertz CT molecular complexity index is 624. The lowest BCUT2D eigenvalue weighted by atomic mass is 10.1. The van der Waals surface area contributed by atoms with Crippen LogP contribution in [0.15, 0.2) is 48.5 Å². The maximum atomic E-state index is 12.1. The van der Waals surface area contributed by atoms with Crippen molar-refractivity contribution >= 4 is 17.3 Å². The number of carbonyl (C=O) groups is 1. The Morgan fingerprint density at radius 1 is 1.18 bits per heavy atom. The number of nitrogens with one attached hydrogen (secondary N) is 1. The summed E-state index contributed by atoms with van der Waals surface area (Å²) in [6, 6.07) is 15.4. The minimum absolute atomic E-state index is 0.161. The van der Waals surface area contributed by atoms with Gasteiger partial charge in [0.1, 0.15) is 0 Å². The lowest BCUT2D eigenvalue weighted by Gasteiger charge is -2.14. The van der Waals surface area contributed by atoms with Crippen LogP contribution in [0.1, 0.15) is 29.8 Å². The van der Waals surface area contributed by atoms with E-state index in [0.29, 0.717) is 11.3 Å². The minimum Gasteiger partial charge on any atom is -0.459 e. The second-order valence-electron chi connectivity index (χ2n) is 5.42. The van der Waals surface area contributed by atoms with E-state index in [1.54, 1.807) is 12.1 Å². The van der Waals surface area contributed by atoms with Gasteiger partial charge in [-0.05, 0) is 44.0 Å². The van der Waals surface area contributed by atoms with Crippen molar-refractivity contribution in [1.29, 1.82) is 0 Å². The first-order chi connectivity index (χ1) is 10.6. The number of nitrogen functional groups attached to an aromatic ring is 1. The Labute approximate surface area is 131 Å². The average Bonchev–Trinajstić information content (AvgIpc) is 2.49. The summed E-state index contributed by atoms with van der Waals surface area (Å²) < 4.78 is 5.26. The molecule has 0 fully saturated rings. The maximum absolute atomic E-state index is 12.1. The van der Waals surface area contributed by atoms with E-state index in [0.717, 1.165) is 18.7 Å². The molecule has 0 amide bonds. The Morgan fingerprint density at radius 2 is 1.91 bits per heavy atom. The number of nitrogens with two attached hydrogens (primary N) is 1. The first-order valence-electron chi connectivity index (χ1n) is 7.44. The van der Waals surface area contributed by atoms with E-state index in [1.165, 1.54) is 5.56 Å². The fraction of sp³-hybridized carbons (Fsp3) is 0.278. The van der Waals surface area contributed by atoms with Crippen LogP contribution in [-0.4, -0.2) is 18.6 Å². The van der Waals surface area contributed by atoms with Gasteiger partial charge in [-0.25, -0.2) is 4.79 Å². The van der Waals surface area contributed by atoms with Crippen LogP contribution >= 0.6 is 0 Å². The number of ether oxygens (including phenoxy) is 1. The summed E-state index contributed by atoms with van der Waals surface area (Å²) in [5.74, 6) is -0.357. The Balaban J connectivity index is 2.05. The van der Waals surface area contributed by atoms with Crippen molar-refractivity contribution in [2.75, 3.05) is 17.6 Å². The topological polar surface area (TPSA) is 64.3 Å². The molecule has 0 radical (unpaired) electrons. The number of carbonyl (C=O) groups excluding carboxylic acids is 1. The third-order valence-corrected chi connectivity index (χ3v) is 3.18. The summed E-state index contributed by atoms with van der Waals surface area (Å²) in [5.41, 5.74) is 8.79. The van der Waals surface area contributed by atoms with E-state index in [1.807, 2.05) is 38.1 Å². The molecule has 0 aliphatic rings. The number of hydrogen-bond acceptors (Lipinski definition) is 4. The van der Waals surface area contributed by atoms with Crippen LogP contribution in [0.25, 0.3) is 0 Å². The van der Waals surface area contributed by atoms with Crippen molar-refractivity contribution in [1.82, 2.24) is 0 Å². The van der Waals surface area contributed by atoms with Crippen LogP contribution in [0.2, 0.25) is 0 Å². The second-order valence-corrected chi connectivity index (χ2v) is 5.42. The summed E-state index contributed by atoms with van der Waals surface area (Å²) >= 11 is 0. The van der Waals surface area contributed by atoms with Crippen molar-refractivity contribution in [2.24, 2.45) is 0 Å². The highest BCUT2D eigenvalue weighted by Gasteiger charge is 2.14. The summed E-state index contributed by atoms with van der Waals surface area (Å²) in [6.07, 6.45) is 0.718. The van der Waals surface area contributed by atoms with E-state index in [-0.39, 0.29) is 12.1 Å². The van der Waals surface area contributed by atoms with Crippen molar-refractivity contribution in [3.63, 3.8) is 0 Å². The summed E-state index contributed by atoms with van der Waals surface area (Å²) in [5, 5.41) is 3.29. The van der Waals surface area contributed by atoms with Crippen LogP contribution in [0.5, 0.6) is 0 Å². The van der Waals surface area contributed by atoms with Crippen LogP contribution in [0.4, 0.5) is 11.4 Å². The van der Waals surface area contributed by atoms with Gasteiger partial charge in [-0.1, -0.05) is 30.3 Å². The number of benzene rings is 2. The quantitative estimate of drug-likeness (QED) is 0.633. The van der Waals surface area contributed by atoms with Crippen LogP contribution in [0.3, 0.4) is 0 Å². The van der Waals surface area contributed by atoms with Crippen molar-refractivity contribution in [3.8, 4) is 0 Å². The van der Waals surface area contributed by atoms with Crippen molar-refractivity contribution < 1.29 is 9.53 Å². The molecule has 0 aromatic heterocycles. The monoisotopic (exact) mass is 298 g/mol. The van der Waals surface area contributed by atoms with E-state index < -0.39 is 0 Å². The van der Waals surface area contributed by atoms with Gasteiger partial charge in [0.15, 0.2) is 0 Å². The molecule has 0 saturated carbocycles. The molecule has 0 aliphatic carbocycles. The zero-order valence-electron chi connectivity index (χ0n) is 13.0. The zero-order valence-corrected chi connectivity index (χ0v) is 13.0. The van der Waals surface area contributed by atoms with E-state index in [9.17, 15) is 4.79 Å². The molecule has 22 heavy (non-hydrogen) atoms. The number of esters is 1. The Morgan fingerprint density at radius 3 is 2.59 bits per heavy atom. The molecule has 2 aromatic rings. The fourth-order valence-corrected chi connectivity index (χ4v) is 2.15. The first kappa shape index (κ1) is 15.9. The molecule has 4 heteroatoms. The van der Waals surface area contributed by atoms with Gasteiger partial charge in [0.25, 0.3) is 0 Å². The Hall–Kier alpha value is -2.49. The Kier molecular flexibility index (Phi) is 5.42. The predicted molar refractivity (Wildman–Crippen MR) is 90.0 cm³/mol. The predicted octanol–water partition coefficient (Wildman–Crippen LogP) is 3.49. The highest BCUT2D eigenvalue weighted by atomic mass is 16.5. The fourth-order valence-electron chi connectivity index (χ4n) is 2.15. The van der Waals surface area contributed by atoms with E-state index in [2.05, 4.69) is 17.4 Å². The van der Waals surface area contributed by atoms with Crippen molar-refractivity contribution in [2.45, 2.75) is 26.4 Å². The lowest BCUT2D eigenvalue weighted by molar-refractivity contribution is 0.0379. The minimum atomic E-state index is -0.357. The molecule has 3 N–H and O–H groups in total. The van der Waals surface area contributed by atoms with Gasteiger partial charge in [0, 0.05) is 17.9 Å². The molecule has 2 aromatic carbocycles. The molecule has 0 aliphatic heterocycles. The third kappa shape index (κ3) is 4.52. The summed E-state index contributed by atoms with van der Waals surface area (Å²) in [6.45, 7) is 4.38.